The van der Waals surface area contributed by atoms with Crippen LogP contribution in [0.3, 0.4) is 0 Å². The minimum Gasteiger partial charge on any atom is -0.383 e. The first-order valence-electron chi connectivity index (χ1n) is 10.6. The van der Waals surface area contributed by atoms with Crippen LogP contribution in [0.25, 0.3) is 10.2 Å². The van der Waals surface area contributed by atoms with Crippen molar-refractivity contribution in [1.82, 2.24) is 14.0 Å². The molecule has 7 nitrogen and oxygen atoms in total. The molecule has 1 amide bonds. The van der Waals surface area contributed by atoms with Crippen LogP contribution in [-0.4, -0.2) is 40.2 Å². The number of rotatable bonds is 8. The zero-order valence-electron chi connectivity index (χ0n) is 17.9. The summed E-state index contributed by atoms with van der Waals surface area (Å²) >= 11 is 1.44. The molecule has 31 heavy (non-hydrogen) atoms. The molecule has 0 radical (unpaired) electrons. The van der Waals surface area contributed by atoms with Crippen molar-refractivity contribution in [3.05, 3.63) is 67.2 Å². The van der Waals surface area contributed by atoms with Crippen LogP contribution < -0.4 is 11.2 Å². The Bertz CT molecular complexity index is 1210. The molecule has 1 aromatic carbocycles. The van der Waals surface area contributed by atoms with Gasteiger partial charge in [-0.1, -0.05) is 30.3 Å². The van der Waals surface area contributed by atoms with E-state index in [0.29, 0.717) is 49.3 Å². The smallest absolute Gasteiger partial charge is 0.332 e. The normalized spacial score (nSPS) is 14.1. The molecule has 0 atom stereocenters. The first-order chi connectivity index (χ1) is 15.0. The van der Waals surface area contributed by atoms with E-state index in [4.69, 9.17) is 4.74 Å². The molecule has 4 rings (SSSR count). The van der Waals surface area contributed by atoms with Gasteiger partial charge in [-0.05, 0) is 30.9 Å². The third-order valence-corrected chi connectivity index (χ3v) is 7.18. The highest BCUT2D eigenvalue weighted by atomic mass is 32.1. The van der Waals surface area contributed by atoms with Gasteiger partial charge in [0.25, 0.3) is 5.56 Å². The number of aryl methyl sites for hydroxylation is 2. The summed E-state index contributed by atoms with van der Waals surface area (Å²) in [4.78, 5) is 42.2. The van der Waals surface area contributed by atoms with Crippen molar-refractivity contribution >= 4 is 27.5 Å². The van der Waals surface area contributed by atoms with Gasteiger partial charge in [-0.3, -0.25) is 18.7 Å². The van der Waals surface area contributed by atoms with Crippen LogP contribution in [0.5, 0.6) is 0 Å². The van der Waals surface area contributed by atoms with Crippen LogP contribution >= 0.6 is 11.3 Å². The second-order valence-electron chi connectivity index (χ2n) is 7.87. The van der Waals surface area contributed by atoms with Gasteiger partial charge in [0.1, 0.15) is 4.83 Å². The highest BCUT2D eigenvalue weighted by Crippen LogP contribution is 2.30. The van der Waals surface area contributed by atoms with Gasteiger partial charge in [-0.25, -0.2) is 4.79 Å². The highest BCUT2D eigenvalue weighted by Gasteiger charge is 2.24. The Morgan fingerprint density at radius 3 is 2.52 bits per heavy atom. The summed E-state index contributed by atoms with van der Waals surface area (Å²) in [5.74, 6) is 0.147. The van der Waals surface area contributed by atoms with Crippen LogP contribution in [-0.2, 0) is 35.6 Å². The van der Waals surface area contributed by atoms with Crippen molar-refractivity contribution in [3.63, 3.8) is 0 Å². The predicted molar refractivity (Wildman–Crippen MR) is 122 cm³/mol. The Kier molecular flexibility index (Phi) is 6.38. The SMILES string of the molecule is COCCn1c(=O)n(CCc2ccccc2)c(=O)c2c(C)c(CN3CCCC3=O)sc21. The molecule has 1 fully saturated rings. The number of methoxy groups -OCH3 is 1. The van der Waals surface area contributed by atoms with Crippen molar-refractivity contribution in [2.75, 3.05) is 20.3 Å². The van der Waals surface area contributed by atoms with Gasteiger partial charge in [0.05, 0.1) is 25.1 Å². The molecule has 1 saturated heterocycles. The van der Waals surface area contributed by atoms with Gasteiger partial charge in [0.15, 0.2) is 0 Å². The number of benzene rings is 1. The molecule has 1 aliphatic heterocycles. The number of aromatic nitrogens is 2. The lowest BCUT2D eigenvalue weighted by atomic mass is 10.1. The first-order valence-corrected chi connectivity index (χ1v) is 11.4. The number of likely N-dealkylation sites (tertiary alicyclic amines) is 1. The standard InChI is InChI=1S/C23H27N3O4S/c1-16-18(15-24-11-6-9-19(24)27)31-22-20(16)21(28)25(23(29)26(22)13-14-30-2)12-10-17-7-4-3-5-8-17/h3-5,7-8H,6,9-15H2,1-2H3. The summed E-state index contributed by atoms with van der Waals surface area (Å²) in [6.07, 6.45) is 2.05. The quantitative estimate of drug-likeness (QED) is 0.539. The Morgan fingerprint density at radius 1 is 1.06 bits per heavy atom. The minimum absolute atomic E-state index is 0.147. The fourth-order valence-corrected chi connectivity index (χ4v) is 5.43. The zero-order chi connectivity index (χ0) is 22.0. The first kappa shape index (κ1) is 21.5. The largest absolute Gasteiger partial charge is 0.383 e. The fraction of sp³-hybridized carbons (Fsp3) is 0.435. The maximum Gasteiger partial charge on any atom is 0.332 e. The lowest BCUT2D eigenvalue weighted by molar-refractivity contribution is -0.128. The molecule has 1 aliphatic rings. The van der Waals surface area contributed by atoms with Gasteiger partial charge in [-0.2, -0.15) is 0 Å². The summed E-state index contributed by atoms with van der Waals surface area (Å²) in [6, 6.07) is 9.84. The number of carbonyl (C=O) groups excluding carboxylic acids is 1. The Balaban J connectivity index is 1.78. The zero-order valence-corrected chi connectivity index (χ0v) is 18.7. The van der Waals surface area contributed by atoms with Gasteiger partial charge in [-0.15, -0.1) is 11.3 Å². The van der Waals surface area contributed by atoms with E-state index >= 15 is 0 Å². The number of hydrogen-bond acceptors (Lipinski definition) is 5. The van der Waals surface area contributed by atoms with Crippen LogP contribution in [0.2, 0.25) is 0 Å². The average Bonchev–Trinajstić information content (AvgIpc) is 3.32. The van der Waals surface area contributed by atoms with Crippen LogP contribution in [0.1, 0.15) is 28.8 Å². The van der Waals surface area contributed by atoms with Crippen molar-refractivity contribution in [2.24, 2.45) is 0 Å². The highest BCUT2D eigenvalue weighted by molar-refractivity contribution is 7.18. The molecule has 0 saturated carbocycles. The number of nitrogens with zero attached hydrogens (tertiary/aromatic N) is 3. The van der Waals surface area contributed by atoms with E-state index in [1.807, 2.05) is 42.2 Å². The molecule has 164 valence electrons. The molecule has 0 N–H and O–H groups in total. The number of amides is 1. The van der Waals surface area contributed by atoms with E-state index < -0.39 is 0 Å². The van der Waals surface area contributed by atoms with Crippen molar-refractivity contribution in [3.8, 4) is 0 Å². The number of fused-ring (bicyclic) bond motifs is 1. The monoisotopic (exact) mass is 441 g/mol. The maximum absolute atomic E-state index is 13.4. The van der Waals surface area contributed by atoms with E-state index in [2.05, 4.69) is 0 Å². The average molecular weight is 442 g/mol. The molecular weight excluding hydrogens is 414 g/mol. The number of ether oxygens (including phenoxy) is 1. The molecular formula is C23H27N3O4S. The van der Waals surface area contributed by atoms with Gasteiger partial charge in [0, 0.05) is 31.5 Å². The van der Waals surface area contributed by atoms with Gasteiger partial charge < -0.3 is 9.64 Å². The molecule has 0 spiro atoms. The summed E-state index contributed by atoms with van der Waals surface area (Å²) in [6.45, 7) is 4.22. The molecule has 2 aromatic heterocycles. The van der Waals surface area contributed by atoms with Gasteiger partial charge >= 0.3 is 5.69 Å². The molecule has 0 bridgehead atoms. The maximum atomic E-state index is 13.4. The third-order valence-electron chi connectivity index (χ3n) is 5.88. The summed E-state index contributed by atoms with van der Waals surface area (Å²) in [7, 11) is 1.59. The topological polar surface area (TPSA) is 73.5 Å². The predicted octanol–water partition coefficient (Wildman–Crippen LogP) is 2.54. The van der Waals surface area contributed by atoms with Gasteiger partial charge in [0.2, 0.25) is 5.91 Å². The summed E-state index contributed by atoms with van der Waals surface area (Å²) in [5, 5.41) is 0.579. The van der Waals surface area contributed by atoms with Crippen LogP contribution in [0.15, 0.2) is 39.9 Å². The number of hydrogen-bond donors (Lipinski definition) is 0. The molecule has 0 aliphatic carbocycles. The lowest BCUT2D eigenvalue weighted by Crippen LogP contribution is -2.40. The van der Waals surface area contributed by atoms with Crippen molar-refractivity contribution in [1.29, 1.82) is 0 Å². The Morgan fingerprint density at radius 2 is 1.84 bits per heavy atom. The summed E-state index contributed by atoms with van der Waals surface area (Å²) < 4.78 is 8.21. The number of carbonyl (C=O) groups is 1. The van der Waals surface area contributed by atoms with E-state index in [-0.39, 0.29) is 17.2 Å². The Hall–Kier alpha value is -2.71. The molecule has 3 heterocycles. The van der Waals surface area contributed by atoms with E-state index in [9.17, 15) is 14.4 Å². The van der Waals surface area contributed by atoms with Crippen LogP contribution in [0, 0.1) is 6.92 Å². The minimum atomic E-state index is -0.310. The van der Waals surface area contributed by atoms with Crippen LogP contribution in [0.4, 0.5) is 0 Å². The molecule has 3 aromatic rings. The summed E-state index contributed by atoms with van der Waals surface area (Å²) in [5.41, 5.74) is 1.38. The second kappa shape index (κ2) is 9.20. The Labute approximate surface area is 184 Å². The van der Waals surface area contributed by atoms with Crippen molar-refractivity contribution < 1.29 is 9.53 Å². The third kappa shape index (κ3) is 4.22. The molecule has 0 unspecified atom stereocenters. The number of thiophene rings is 1. The second-order valence-corrected chi connectivity index (χ2v) is 8.95. The van der Waals surface area contributed by atoms with E-state index in [0.717, 1.165) is 29.0 Å². The van der Waals surface area contributed by atoms with Crippen molar-refractivity contribution in [2.45, 2.75) is 45.8 Å². The van der Waals surface area contributed by atoms with E-state index in [1.165, 1.54) is 15.9 Å². The fourth-order valence-electron chi connectivity index (χ4n) is 4.10. The van der Waals surface area contributed by atoms with E-state index in [1.54, 1.807) is 11.7 Å². The lowest BCUT2D eigenvalue weighted by Gasteiger charge is -2.14. The molecule has 8 heteroatoms.